The zero-order valence-electron chi connectivity index (χ0n) is 9.42. The number of oxime groups is 1. The van der Waals surface area contributed by atoms with Gasteiger partial charge in [0.1, 0.15) is 0 Å². The molecule has 0 atom stereocenters. The molecular formula is C12H13N3OS. The lowest BCUT2D eigenvalue weighted by Crippen LogP contribution is -1.88. The highest BCUT2D eigenvalue weighted by Gasteiger charge is 2.06. The fourth-order valence-electron chi connectivity index (χ4n) is 1.44. The molecule has 1 aromatic carbocycles. The Balaban J connectivity index is 2.12. The summed E-state index contributed by atoms with van der Waals surface area (Å²) in [6.07, 6.45) is 2.07. The van der Waals surface area contributed by atoms with E-state index in [1.165, 1.54) is 6.21 Å². The first-order chi connectivity index (χ1) is 8.29. The van der Waals surface area contributed by atoms with Crippen LogP contribution in [0, 0.1) is 6.92 Å². The van der Waals surface area contributed by atoms with Crippen molar-refractivity contribution in [2.45, 2.75) is 13.3 Å². The Morgan fingerprint density at radius 1 is 1.41 bits per heavy atom. The van der Waals surface area contributed by atoms with Gasteiger partial charge in [0.15, 0.2) is 5.13 Å². The topological polar surface area (TPSA) is 57.5 Å². The van der Waals surface area contributed by atoms with Gasteiger partial charge in [0, 0.05) is 23.2 Å². The maximum atomic E-state index is 8.40. The molecule has 0 amide bonds. The van der Waals surface area contributed by atoms with E-state index in [0.29, 0.717) is 6.42 Å². The molecule has 0 aliphatic heterocycles. The number of aryl methyl sites for hydroxylation is 1. The molecule has 0 saturated carbocycles. The van der Waals surface area contributed by atoms with Crippen molar-refractivity contribution in [3.8, 4) is 0 Å². The van der Waals surface area contributed by atoms with Gasteiger partial charge in [-0.1, -0.05) is 18.2 Å². The molecule has 0 saturated heterocycles. The van der Waals surface area contributed by atoms with Crippen molar-refractivity contribution < 1.29 is 5.21 Å². The van der Waals surface area contributed by atoms with Crippen molar-refractivity contribution >= 4 is 28.4 Å². The number of nitrogens with one attached hydrogen (secondary N) is 1. The number of aromatic nitrogens is 1. The van der Waals surface area contributed by atoms with Crippen LogP contribution in [0.1, 0.15) is 10.6 Å². The number of nitrogens with zero attached hydrogens (tertiary/aromatic N) is 2. The van der Waals surface area contributed by atoms with E-state index in [1.54, 1.807) is 11.3 Å². The Morgan fingerprint density at radius 2 is 2.18 bits per heavy atom. The lowest BCUT2D eigenvalue weighted by molar-refractivity contribution is 0.321. The van der Waals surface area contributed by atoms with Crippen molar-refractivity contribution in [2.24, 2.45) is 5.16 Å². The first-order valence-corrected chi connectivity index (χ1v) is 6.05. The van der Waals surface area contributed by atoms with Gasteiger partial charge in [-0.15, -0.1) is 16.5 Å². The van der Waals surface area contributed by atoms with Gasteiger partial charge in [-0.25, -0.2) is 4.98 Å². The van der Waals surface area contributed by atoms with Gasteiger partial charge < -0.3 is 10.5 Å². The first kappa shape index (κ1) is 11.6. The highest BCUT2D eigenvalue weighted by atomic mass is 32.1. The molecule has 0 radical (unpaired) electrons. The van der Waals surface area contributed by atoms with E-state index < -0.39 is 0 Å². The molecule has 0 unspecified atom stereocenters. The average molecular weight is 247 g/mol. The van der Waals surface area contributed by atoms with E-state index in [4.69, 9.17) is 5.21 Å². The molecule has 4 nitrogen and oxygen atoms in total. The number of anilines is 2. The van der Waals surface area contributed by atoms with Crippen LogP contribution < -0.4 is 5.32 Å². The lowest BCUT2D eigenvalue weighted by atomic mass is 10.3. The average Bonchev–Trinajstić information content (AvgIpc) is 2.68. The number of benzene rings is 1. The van der Waals surface area contributed by atoms with Crippen molar-refractivity contribution in [2.75, 3.05) is 5.32 Å². The summed E-state index contributed by atoms with van der Waals surface area (Å²) in [5.74, 6) is 0. The van der Waals surface area contributed by atoms with Crippen molar-refractivity contribution in [1.82, 2.24) is 4.98 Å². The second-order valence-electron chi connectivity index (χ2n) is 3.52. The molecule has 0 spiro atoms. The number of hydrogen-bond acceptors (Lipinski definition) is 5. The molecular weight excluding hydrogens is 234 g/mol. The van der Waals surface area contributed by atoms with Gasteiger partial charge in [0.2, 0.25) is 0 Å². The van der Waals surface area contributed by atoms with Crippen LogP contribution in [0.4, 0.5) is 10.8 Å². The van der Waals surface area contributed by atoms with Gasteiger partial charge in [-0.05, 0) is 19.1 Å². The van der Waals surface area contributed by atoms with Crippen molar-refractivity contribution in [3.63, 3.8) is 0 Å². The molecule has 2 aromatic rings. The summed E-state index contributed by atoms with van der Waals surface area (Å²) in [6, 6.07) is 9.91. The third kappa shape index (κ3) is 3.04. The van der Waals surface area contributed by atoms with E-state index in [9.17, 15) is 0 Å². The zero-order valence-corrected chi connectivity index (χ0v) is 10.2. The number of hydrogen-bond donors (Lipinski definition) is 2. The second-order valence-corrected chi connectivity index (χ2v) is 4.60. The fraction of sp³-hybridized carbons (Fsp3) is 0.167. The van der Waals surface area contributed by atoms with Crippen LogP contribution in [0.3, 0.4) is 0 Å². The smallest absolute Gasteiger partial charge is 0.187 e. The third-order valence-electron chi connectivity index (χ3n) is 2.28. The summed E-state index contributed by atoms with van der Waals surface area (Å²) in [5, 5.41) is 15.5. The highest BCUT2D eigenvalue weighted by Crippen LogP contribution is 2.25. The lowest BCUT2D eigenvalue weighted by Gasteiger charge is -2.00. The van der Waals surface area contributed by atoms with Crippen LogP contribution in [0.2, 0.25) is 0 Å². The molecule has 5 heteroatoms. The van der Waals surface area contributed by atoms with Crippen molar-refractivity contribution in [3.05, 3.63) is 40.9 Å². The zero-order chi connectivity index (χ0) is 12.1. The molecule has 1 aromatic heterocycles. The van der Waals surface area contributed by atoms with Crippen LogP contribution in [-0.2, 0) is 6.42 Å². The van der Waals surface area contributed by atoms with E-state index in [1.807, 2.05) is 37.3 Å². The maximum Gasteiger partial charge on any atom is 0.187 e. The summed E-state index contributed by atoms with van der Waals surface area (Å²) in [7, 11) is 0. The number of para-hydroxylation sites is 1. The van der Waals surface area contributed by atoms with E-state index in [2.05, 4.69) is 15.5 Å². The van der Waals surface area contributed by atoms with Gasteiger partial charge in [0.05, 0.1) is 5.69 Å². The minimum absolute atomic E-state index is 0.608. The molecule has 2 N–H and O–H groups in total. The van der Waals surface area contributed by atoms with Crippen LogP contribution in [0.15, 0.2) is 35.5 Å². The predicted molar refractivity (Wildman–Crippen MR) is 70.6 cm³/mol. The molecule has 0 aliphatic carbocycles. The molecule has 88 valence electrons. The second kappa shape index (κ2) is 5.45. The SMILES string of the molecule is Cc1nc(Nc2ccccc2)sc1CC=NO. The Labute approximate surface area is 104 Å². The van der Waals surface area contributed by atoms with Crippen molar-refractivity contribution in [1.29, 1.82) is 0 Å². The molecule has 2 rings (SSSR count). The summed E-state index contributed by atoms with van der Waals surface area (Å²) in [4.78, 5) is 5.52. The molecule has 0 bridgehead atoms. The third-order valence-corrected chi connectivity index (χ3v) is 3.37. The standard InChI is InChI=1S/C12H13N3OS/c1-9-11(7-8-13-16)17-12(14-9)15-10-5-3-2-4-6-10/h2-6,8,16H,7H2,1H3,(H,14,15). The van der Waals surface area contributed by atoms with Gasteiger partial charge in [-0.3, -0.25) is 0 Å². The van der Waals surface area contributed by atoms with Crippen LogP contribution in [-0.4, -0.2) is 16.4 Å². The van der Waals surface area contributed by atoms with Crippen LogP contribution >= 0.6 is 11.3 Å². The predicted octanol–water partition coefficient (Wildman–Crippen LogP) is 3.20. The quantitative estimate of drug-likeness (QED) is 0.495. The molecule has 1 heterocycles. The highest BCUT2D eigenvalue weighted by molar-refractivity contribution is 7.15. The number of thiazole rings is 1. The maximum absolute atomic E-state index is 8.40. The summed E-state index contributed by atoms with van der Waals surface area (Å²) >= 11 is 1.57. The molecule has 0 aliphatic rings. The van der Waals surface area contributed by atoms with E-state index >= 15 is 0 Å². The Hall–Kier alpha value is -1.88. The molecule has 17 heavy (non-hydrogen) atoms. The Morgan fingerprint density at radius 3 is 2.88 bits per heavy atom. The van der Waals surface area contributed by atoms with E-state index in [-0.39, 0.29) is 0 Å². The van der Waals surface area contributed by atoms with Crippen LogP contribution in [0.25, 0.3) is 0 Å². The van der Waals surface area contributed by atoms with Crippen LogP contribution in [0.5, 0.6) is 0 Å². The van der Waals surface area contributed by atoms with E-state index in [0.717, 1.165) is 21.4 Å². The first-order valence-electron chi connectivity index (χ1n) is 5.24. The Kier molecular flexibility index (Phi) is 3.72. The summed E-state index contributed by atoms with van der Waals surface area (Å²) < 4.78 is 0. The monoisotopic (exact) mass is 247 g/mol. The van der Waals surface area contributed by atoms with Gasteiger partial charge in [-0.2, -0.15) is 0 Å². The fourth-order valence-corrected chi connectivity index (χ4v) is 2.38. The van der Waals surface area contributed by atoms with Gasteiger partial charge >= 0.3 is 0 Å². The summed E-state index contributed by atoms with van der Waals surface area (Å²) in [5.41, 5.74) is 1.98. The minimum Gasteiger partial charge on any atom is -0.411 e. The van der Waals surface area contributed by atoms with Gasteiger partial charge in [0.25, 0.3) is 0 Å². The largest absolute Gasteiger partial charge is 0.411 e. The molecule has 0 fully saturated rings. The number of rotatable bonds is 4. The minimum atomic E-state index is 0.608. The summed E-state index contributed by atoms with van der Waals surface area (Å²) in [6.45, 7) is 1.95. The normalized spacial score (nSPS) is 10.9. The Bertz CT molecular complexity index is 508.